The van der Waals surface area contributed by atoms with Crippen LogP contribution in [0, 0.1) is 12.8 Å². The Bertz CT molecular complexity index is 582. The standard InChI is InChI=1S/C13H19NO5S/c1-9(5-6-15)8-14-20(18,19)11-4-3-10(2)12(7-11)13(16)17/h3-4,7,9,14-15H,5-6,8H2,1-2H3,(H,16,17). The normalized spacial score (nSPS) is 13.2. The summed E-state index contributed by atoms with van der Waals surface area (Å²) in [5.74, 6) is -1.16. The van der Waals surface area contributed by atoms with Gasteiger partial charge in [0, 0.05) is 13.2 Å². The third-order valence-electron chi connectivity index (χ3n) is 2.99. The van der Waals surface area contributed by atoms with Gasteiger partial charge in [0.1, 0.15) is 0 Å². The van der Waals surface area contributed by atoms with Crippen LogP contribution in [-0.2, 0) is 10.0 Å². The number of benzene rings is 1. The molecule has 0 saturated carbocycles. The van der Waals surface area contributed by atoms with Crippen LogP contribution in [0.3, 0.4) is 0 Å². The van der Waals surface area contributed by atoms with Gasteiger partial charge >= 0.3 is 5.97 Å². The molecule has 0 bridgehead atoms. The van der Waals surface area contributed by atoms with Crippen molar-refractivity contribution in [3.8, 4) is 0 Å². The van der Waals surface area contributed by atoms with Crippen molar-refractivity contribution in [3.05, 3.63) is 29.3 Å². The van der Waals surface area contributed by atoms with Crippen LogP contribution in [0.2, 0.25) is 0 Å². The fourth-order valence-corrected chi connectivity index (χ4v) is 2.85. The minimum Gasteiger partial charge on any atom is -0.478 e. The fraction of sp³-hybridized carbons (Fsp3) is 0.462. The van der Waals surface area contributed by atoms with Gasteiger partial charge in [-0.05, 0) is 37.0 Å². The first kappa shape index (κ1) is 16.6. The highest BCUT2D eigenvalue weighted by Crippen LogP contribution is 2.16. The van der Waals surface area contributed by atoms with Crippen LogP contribution < -0.4 is 4.72 Å². The number of sulfonamides is 1. The van der Waals surface area contributed by atoms with E-state index in [0.717, 1.165) is 6.07 Å². The van der Waals surface area contributed by atoms with Gasteiger partial charge in [0.15, 0.2) is 0 Å². The average Bonchev–Trinajstić information content (AvgIpc) is 2.37. The van der Waals surface area contributed by atoms with Gasteiger partial charge in [-0.15, -0.1) is 0 Å². The Morgan fingerprint density at radius 2 is 2.05 bits per heavy atom. The first-order chi connectivity index (χ1) is 9.27. The van der Waals surface area contributed by atoms with Crippen molar-refractivity contribution in [2.24, 2.45) is 5.92 Å². The number of rotatable bonds is 7. The Kier molecular flexibility index (Phi) is 5.67. The van der Waals surface area contributed by atoms with Gasteiger partial charge in [0.05, 0.1) is 10.5 Å². The number of hydrogen-bond acceptors (Lipinski definition) is 4. The molecular formula is C13H19NO5S. The number of carboxylic acids is 1. The zero-order valence-corrected chi connectivity index (χ0v) is 12.3. The van der Waals surface area contributed by atoms with Crippen molar-refractivity contribution in [2.45, 2.75) is 25.2 Å². The van der Waals surface area contributed by atoms with Gasteiger partial charge in [0.2, 0.25) is 10.0 Å². The van der Waals surface area contributed by atoms with Crippen molar-refractivity contribution in [1.82, 2.24) is 4.72 Å². The van der Waals surface area contributed by atoms with Crippen LogP contribution >= 0.6 is 0 Å². The molecule has 20 heavy (non-hydrogen) atoms. The van der Waals surface area contributed by atoms with E-state index in [9.17, 15) is 13.2 Å². The van der Waals surface area contributed by atoms with Crippen molar-refractivity contribution in [1.29, 1.82) is 0 Å². The number of carboxylic acid groups (broad SMARTS) is 1. The lowest BCUT2D eigenvalue weighted by Crippen LogP contribution is -2.29. The molecule has 0 spiro atoms. The highest BCUT2D eigenvalue weighted by atomic mass is 32.2. The van der Waals surface area contributed by atoms with Crippen LogP contribution in [0.5, 0.6) is 0 Å². The minimum absolute atomic E-state index is 0.000771. The lowest BCUT2D eigenvalue weighted by Gasteiger charge is -2.12. The molecule has 0 heterocycles. The molecule has 0 radical (unpaired) electrons. The molecule has 1 aromatic rings. The molecule has 1 unspecified atom stereocenters. The topological polar surface area (TPSA) is 104 Å². The molecule has 1 rings (SSSR count). The van der Waals surface area contributed by atoms with E-state index < -0.39 is 16.0 Å². The summed E-state index contributed by atoms with van der Waals surface area (Å²) in [5, 5.41) is 17.8. The summed E-state index contributed by atoms with van der Waals surface area (Å²) >= 11 is 0. The average molecular weight is 301 g/mol. The molecule has 0 aliphatic carbocycles. The molecule has 0 saturated heterocycles. The Balaban J connectivity index is 2.93. The van der Waals surface area contributed by atoms with Gasteiger partial charge in [-0.25, -0.2) is 17.9 Å². The van der Waals surface area contributed by atoms with Crippen molar-refractivity contribution >= 4 is 16.0 Å². The van der Waals surface area contributed by atoms with E-state index in [4.69, 9.17) is 10.2 Å². The van der Waals surface area contributed by atoms with E-state index in [1.807, 2.05) is 6.92 Å². The molecule has 1 atom stereocenters. The number of nitrogens with one attached hydrogen (secondary N) is 1. The summed E-state index contributed by atoms with van der Waals surface area (Å²) in [6.45, 7) is 3.61. The third kappa shape index (κ3) is 4.29. The van der Waals surface area contributed by atoms with Gasteiger partial charge in [0.25, 0.3) is 0 Å². The first-order valence-electron chi connectivity index (χ1n) is 6.22. The van der Waals surface area contributed by atoms with Gasteiger partial charge in [-0.3, -0.25) is 0 Å². The van der Waals surface area contributed by atoms with Crippen LogP contribution in [0.25, 0.3) is 0 Å². The molecule has 0 fully saturated rings. The molecule has 0 aliphatic heterocycles. The Hall–Kier alpha value is -1.44. The summed E-state index contributed by atoms with van der Waals surface area (Å²) in [6.07, 6.45) is 0.497. The number of hydrogen-bond donors (Lipinski definition) is 3. The molecule has 1 aromatic carbocycles. The lowest BCUT2D eigenvalue weighted by atomic mass is 10.1. The zero-order chi connectivity index (χ0) is 15.3. The largest absolute Gasteiger partial charge is 0.478 e. The van der Waals surface area contributed by atoms with E-state index in [0.29, 0.717) is 12.0 Å². The lowest BCUT2D eigenvalue weighted by molar-refractivity contribution is 0.0696. The SMILES string of the molecule is Cc1ccc(S(=O)(=O)NCC(C)CCO)cc1C(=O)O. The molecule has 6 nitrogen and oxygen atoms in total. The Labute approximate surface area is 118 Å². The number of aryl methyl sites for hydroxylation is 1. The summed E-state index contributed by atoms with van der Waals surface area (Å²) in [7, 11) is -3.74. The molecule has 112 valence electrons. The highest BCUT2D eigenvalue weighted by Gasteiger charge is 2.18. The summed E-state index contributed by atoms with van der Waals surface area (Å²) in [6, 6.07) is 3.99. The van der Waals surface area contributed by atoms with E-state index in [1.165, 1.54) is 12.1 Å². The molecule has 0 aliphatic rings. The minimum atomic E-state index is -3.74. The number of aliphatic hydroxyl groups is 1. The predicted molar refractivity (Wildman–Crippen MR) is 74.2 cm³/mol. The molecular weight excluding hydrogens is 282 g/mol. The monoisotopic (exact) mass is 301 g/mol. The second kappa shape index (κ2) is 6.83. The Morgan fingerprint density at radius 1 is 1.40 bits per heavy atom. The fourth-order valence-electron chi connectivity index (χ4n) is 1.66. The molecule has 7 heteroatoms. The summed E-state index contributed by atoms with van der Waals surface area (Å²) in [5.41, 5.74) is 0.474. The second-order valence-corrected chi connectivity index (χ2v) is 6.52. The highest BCUT2D eigenvalue weighted by molar-refractivity contribution is 7.89. The summed E-state index contributed by atoms with van der Waals surface area (Å²) in [4.78, 5) is 10.9. The molecule has 0 aromatic heterocycles. The smallest absolute Gasteiger partial charge is 0.335 e. The van der Waals surface area contributed by atoms with E-state index in [1.54, 1.807) is 6.92 Å². The number of aromatic carboxylic acids is 1. The maximum atomic E-state index is 12.1. The maximum absolute atomic E-state index is 12.1. The quantitative estimate of drug-likeness (QED) is 0.697. The molecule has 0 amide bonds. The van der Waals surface area contributed by atoms with E-state index in [2.05, 4.69) is 4.72 Å². The first-order valence-corrected chi connectivity index (χ1v) is 7.70. The predicted octanol–water partition coefficient (Wildman–Crippen LogP) is 0.990. The maximum Gasteiger partial charge on any atom is 0.335 e. The van der Waals surface area contributed by atoms with Crippen LogP contribution in [0.1, 0.15) is 29.3 Å². The van der Waals surface area contributed by atoms with Gasteiger partial charge < -0.3 is 10.2 Å². The van der Waals surface area contributed by atoms with Crippen molar-refractivity contribution in [3.63, 3.8) is 0 Å². The van der Waals surface area contributed by atoms with E-state index >= 15 is 0 Å². The van der Waals surface area contributed by atoms with E-state index in [-0.39, 0.29) is 29.5 Å². The van der Waals surface area contributed by atoms with Gasteiger partial charge in [-0.2, -0.15) is 0 Å². The van der Waals surface area contributed by atoms with Crippen LogP contribution in [-0.4, -0.2) is 37.8 Å². The zero-order valence-electron chi connectivity index (χ0n) is 11.5. The summed E-state index contributed by atoms with van der Waals surface area (Å²) < 4.78 is 26.5. The number of carbonyl (C=O) groups is 1. The van der Waals surface area contributed by atoms with Crippen molar-refractivity contribution < 1.29 is 23.4 Å². The second-order valence-electron chi connectivity index (χ2n) is 4.75. The van der Waals surface area contributed by atoms with Crippen LogP contribution in [0.15, 0.2) is 23.1 Å². The number of aliphatic hydroxyl groups excluding tert-OH is 1. The Morgan fingerprint density at radius 3 is 2.60 bits per heavy atom. The van der Waals surface area contributed by atoms with Crippen molar-refractivity contribution in [2.75, 3.05) is 13.2 Å². The third-order valence-corrected chi connectivity index (χ3v) is 4.41. The van der Waals surface area contributed by atoms with Crippen LogP contribution in [0.4, 0.5) is 0 Å². The van der Waals surface area contributed by atoms with Gasteiger partial charge in [-0.1, -0.05) is 13.0 Å². The molecule has 3 N–H and O–H groups in total.